The van der Waals surface area contributed by atoms with Crippen LogP contribution in [0.2, 0.25) is 0 Å². The number of rotatable bonds is 3. The van der Waals surface area contributed by atoms with Crippen LogP contribution in [0.1, 0.15) is 6.92 Å². The summed E-state index contributed by atoms with van der Waals surface area (Å²) in [4.78, 5) is 0. The average molecular weight is 165 g/mol. The van der Waals surface area contributed by atoms with Gasteiger partial charge in [0.25, 0.3) is 0 Å². The lowest BCUT2D eigenvalue weighted by atomic mass is 10.3. The molecule has 0 aliphatic rings. The van der Waals surface area contributed by atoms with Crippen molar-refractivity contribution in [3.8, 4) is 0 Å². The molecule has 0 fully saturated rings. The van der Waals surface area contributed by atoms with Gasteiger partial charge < -0.3 is 5.32 Å². The van der Waals surface area contributed by atoms with E-state index < -0.39 is 0 Å². The monoisotopic (exact) mass is 165 g/mol. The van der Waals surface area contributed by atoms with Gasteiger partial charge in [-0.05, 0) is 24.6 Å². The van der Waals surface area contributed by atoms with Gasteiger partial charge in [0, 0.05) is 12.2 Å². The molecule has 12 heavy (non-hydrogen) atoms. The first-order valence-corrected chi connectivity index (χ1v) is 3.87. The zero-order valence-corrected chi connectivity index (χ0v) is 7.05. The number of halogens is 1. The Morgan fingerprint density at radius 3 is 2.67 bits per heavy atom. The summed E-state index contributed by atoms with van der Waals surface area (Å²) in [6, 6.07) is 9.73. The highest BCUT2D eigenvalue weighted by atomic mass is 19.1. The first-order chi connectivity index (χ1) is 5.83. The van der Waals surface area contributed by atoms with Crippen LogP contribution in [0.4, 0.5) is 10.1 Å². The highest BCUT2D eigenvalue weighted by molar-refractivity contribution is 5.43. The van der Waals surface area contributed by atoms with Crippen LogP contribution in [0.25, 0.3) is 0 Å². The fraction of sp³-hybridized carbons (Fsp3) is 0.200. The van der Waals surface area contributed by atoms with E-state index in [0.717, 1.165) is 5.69 Å². The zero-order valence-electron chi connectivity index (χ0n) is 7.05. The molecule has 0 saturated carbocycles. The summed E-state index contributed by atoms with van der Waals surface area (Å²) in [5.74, 6) is 0. The molecule has 1 N–H and O–H groups in total. The molecule has 0 aliphatic heterocycles. The highest BCUT2D eigenvalue weighted by Crippen LogP contribution is 2.05. The van der Waals surface area contributed by atoms with Crippen LogP contribution >= 0.6 is 0 Å². The smallest absolute Gasteiger partial charge is 0.0873 e. The second kappa shape index (κ2) is 4.54. The molecular formula is C10H12FN. The Bertz CT molecular complexity index is 254. The predicted molar refractivity (Wildman–Crippen MR) is 49.8 cm³/mol. The molecule has 1 aromatic rings. The lowest BCUT2D eigenvalue weighted by molar-refractivity contribution is 0.707. The van der Waals surface area contributed by atoms with Crippen molar-refractivity contribution < 1.29 is 4.39 Å². The molecule has 0 aromatic heterocycles. The maximum atomic E-state index is 11.9. The van der Waals surface area contributed by atoms with Crippen LogP contribution in [0.3, 0.4) is 0 Å². The van der Waals surface area contributed by atoms with E-state index in [1.165, 1.54) is 0 Å². The van der Waals surface area contributed by atoms with Gasteiger partial charge in [-0.15, -0.1) is 0 Å². The minimum atomic E-state index is 0.556. The molecule has 0 bridgehead atoms. The second-order valence-corrected chi connectivity index (χ2v) is 2.68. The van der Waals surface area contributed by atoms with Crippen molar-refractivity contribution in [3.63, 3.8) is 0 Å². The van der Waals surface area contributed by atoms with Gasteiger partial charge in [-0.2, -0.15) is 0 Å². The third-order valence-corrected chi connectivity index (χ3v) is 1.53. The molecule has 0 radical (unpaired) electrons. The molecular weight excluding hydrogens is 153 g/mol. The van der Waals surface area contributed by atoms with Crippen molar-refractivity contribution in [2.45, 2.75) is 6.92 Å². The summed E-state index contributed by atoms with van der Waals surface area (Å²) in [6.07, 6.45) is 0.621. The van der Waals surface area contributed by atoms with E-state index >= 15 is 0 Å². The lowest BCUT2D eigenvalue weighted by Gasteiger charge is -2.04. The number of hydrogen-bond acceptors (Lipinski definition) is 1. The largest absolute Gasteiger partial charge is 0.381 e. The van der Waals surface area contributed by atoms with Crippen molar-refractivity contribution in [1.29, 1.82) is 0 Å². The topological polar surface area (TPSA) is 12.0 Å². The van der Waals surface area contributed by atoms with E-state index in [2.05, 4.69) is 5.32 Å². The number of nitrogens with one attached hydrogen (secondary N) is 1. The van der Waals surface area contributed by atoms with Gasteiger partial charge in [0.15, 0.2) is 0 Å². The highest BCUT2D eigenvalue weighted by Gasteiger charge is 1.89. The summed E-state index contributed by atoms with van der Waals surface area (Å²) < 4.78 is 11.9. The van der Waals surface area contributed by atoms with Gasteiger partial charge in [-0.25, -0.2) is 4.39 Å². The van der Waals surface area contributed by atoms with Crippen molar-refractivity contribution in [2.24, 2.45) is 0 Å². The zero-order chi connectivity index (χ0) is 8.81. The fourth-order valence-electron chi connectivity index (χ4n) is 0.836. The van der Waals surface area contributed by atoms with Crippen molar-refractivity contribution in [3.05, 3.63) is 42.2 Å². The number of para-hydroxylation sites is 1. The second-order valence-electron chi connectivity index (χ2n) is 2.68. The predicted octanol–water partition coefficient (Wildman–Crippen LogP) is 2.97. The lowest BCUT2D eigenvalue weighted by Crippen LogP contribution is -2.01. The maximum Gasteiger partial charge on any atom is 0.0873 e. The Balaban J connectivity index is 2.44. The summed E-state index contributed by atoms with van der Waals surface area (Å²) in [5.41, 5.74) is 1.71. The molecule has 64 valence electrons. The summed E-state index contributed by atoms with van der Waals surface area (Å²) in [5, 5.41) is 3.09. The maximum absolute atomic E-state index is 11.9. The van der Waals surface area contributed by atoms with Gasteiger partial charge >= 0.3 is 0 Å². The SMILES string of the molecule is CC(=CF)CNc1ccccc1. The van der Waals surface area contributed by atoms with Crippen molar-refractivity contribution in [2.75, 3.05) is 11.9 Å². The van der Waals surface area contributed by atoms with Crippen LogP contribution in [0.15, 0.2) is 42.2 Å². The molecule has 1 nitrogen and oxygen atoms in total. The molecule has 0 saturated heterocycles. The summed E-state index contributed by atoms with van der Waals surface area (Å²) in [7, 11) is 0. The third kappa shape index (κ3) is 2.74. The van der Waals surface area contributed by atoms with Gasteiger partial charge in [-0.1, -0.05) is 18.2 Å². The van der Waals surface area contributed by atoms with E-state index in [4.69, 9.17) is 0 Å². The molecule has 2 heteroatoms. The normalized spacial score (nSPS) is 11.3. The minimum absolute atomic E-state index is 0.556. The third-order valence-electron chi connectivity index (χ3n) is 1.53. The molecule has 1 rings (SSSR count). The van der Waals surface area contributed by atoms with Gasteiger partial charge in [0.1, 0.15) is 0 Å². The number of anilines is 1. The van der Waals surface area contributed by atoms with Crippen molar-refractivity contribution >= 4 is 5.69 Å². The van der Waals surface area contributed by atoms with E-state index in [9.17, 15) is 4.39 Å². The van der Waals surface area contributed by atoms with Crippen LogP contribution in [0.5, 0.6) is 0 Å². The Labute approximate surface area is 71.9 Å². The van der Waals surface area contributed by atoms with Crippen LogP contribution in [-0.2, 0) is 0 Å². The van der Waals surface area contributed by atoms with E-state index in [1.807, 2.05) is 30.3 Å². The molecule has 0 heterocycles. The molecule has 0 amide bonds. The molecule has 0 atom stereocenters. The van der Waals surface area contributed by atoms with Gasteiger partial charge in [0.05, 0.1) is 6.33 Å². The molecule has 0 unspecified atom stereocenters. The Hall–Kier alpha value is -1.31. The summed E-state index contributed by atoms with van der Waals surface area (Å²) in [6.45, 7) is 2.30. The Morgan fingerprint density at radius 2 is 2.08 bits per heavy atom. The quantitative estimate of drug-likeness (QED) is 0.726. The standard InChI is InChI=1S/C10H12FN/c1-9(7-11)8-12-10-5-3-2-4-6-10/h2-7,12H,8H2,1H3. The Morgan fingerprint density at radius 1 is 1.42 bits per heavy atom. The van der Waals surface area contributed by atoms with Gasteiger partial charge in [-0.3, -0.25) is 0 Å². The van der Waals surface area contributed by atoms with E-state index in [-0.39, 0.29) is 0 Å². The van der Waals surface area contributed by atoms with E-state index in [0.29, 0.717) is 18.4 Å². The van der Waals surface area contributed by atoms with Crippen LogP contribution in [0, 0.1) is 0 Å². The number of hydrogen-bond donors (Lipinski definition) is 1. The fourth-order valence-corrected chi connectivity index (χ4v) is 0.836. The first-order valence-electron chi connectivity index (χ1n) is 3.87. The van der Waals surface area contributed by atoms with Crippen LogP contribution < -0.4 is 5.32 Å². The summed E-state index contributed by atoms with van der Waals surface area (Å²) >= 11 is 0. The Kier molecular flexibility index (Phi) is 3.33. The number of benzene rings is 1. The first kappa shape index (κ1) is 8.78. The molecule has 1 aromatic carbocycles. The van der Waals surface area contributed by atoms with Crippen molar-refractivity contribution in [1.82, 2.24) is 0 Å². The molecule has 0 spiro atoms. The van der Waals surface area contributed by atoms with E-state index in [1.54, 1.807) is 6.92 Å². The van der Waals surface area contributed by atoms with Crippen LogP contribution in [-0.4, -0.2) is 6.54 Å². The molecule has 0 aliphatic carbocycles. The average Bonchev–Trinajstić information content (AvgIpc) is 2.16. The minimum Gasteiger partial charge on any atom is -0.381 e. The van der Waals surface area contributed by atoms with Gasteiger partial charge in [0.2, 0.25) is 0 Å².